The van der Waals surface area contributed by atoms with Crippen LogP contribution >= 0.6 is 0 Å². The van der Waals surface area contributed by atoms with Crippen LogP contribution in [-0.2, 0) is 19.6 Å². The molecule has 2 aromatic rings. The van der Waals surface area contributed by atoms with Crippen molar-refractivity contribution in [3.8, 4) is 0 Å². The molecule has 0 bridgehead atoms. The molecule has 0 aromatic carbocycles. The van der Waals surface area contributed by atoms with E-state index in [0.29, 0.717) is 6.04 Å². The third-order valence-corrected chi connectivity index (χ3v) is 3.63. The molecule has 0 radical (unpaired) electrons. The highest BCUT2D eigenvalue weighted by atomic mass is 15.3. The normalized spacial score (nSPS) is 11.5. The van der Waals surface area contributed by atoms with Gasteiger partial charge in [-0.3, -0.25) is 9.36 Å². The second-order valence-electron chi connectivity index (χ2n) is 5.45. The Bertz CT molecular complexity index is 565. The van der Waals surface area contributed by atoms with Gasteiger partial charge in [-0.1, -0.05) is 0 Å². The van der Waals surface area contributed by atoms with Gasteiger partial charge in [0.05, 0.1) is 11.4 Å². The van der Waals surface area contributed by atoms with E-state index in [1.165, 1.54) is 11.3 Å². The van der Waals surface area contributed by atoms with Gasteiger partial charge in [0.15, 0.2) is 0 Å². The molecule has 0 saturated heterocycles. The van der Waals surface area contributed by atoms with E-state index in [1.54, 1.807) is 0 Å². The van der Waals surface area contributed by atoms with Gasteiger partial charge in [0.1, 0.15) is 0 Å². The van der Waals surface area contributed by atoms with Crippen molar-refractivity contribution in [1.29, 1.82) is 0 Å². The van der Waals surface area contributed by atoms with E-state index in [0.717, 1.165) is 31.0 Å². The molecule has 110 valence electrons. The first kappa shape index (κ1) is 14.8. The zero-order valence-corrected chi connectivity index (χ0v) is 13.1. The first-order chi connectivity index (χ1) is 9.52. The lowest BCUT2D eigenvalue weighted by Crippen LogP contribution is -2.15. The van der Waals surface area contributed by atoms with Crippen LogP contribution in [0.25, 0.3) is 0 Å². The molecule has 5 nitrogen and oxygen atoms in total. The molecule has 0 saturated carbocycles. The van der Waals surface area contributed by atoms with E-state index in [4.69, 9.17) is 0 Å². The Kier molecular flexibility index (Phi) is 4.60. The molecule has 0 aliphatic rings. The lowest BCUT2D eigenvalue weighted by molar-refractivity contribution is 0.521. The van der Waals surface area contributed by atoms with Gasteiger partial charge in [0.2, 0.25) is 0 Å². The maximum absolute atomic E-state index is 4.54. The molecule has 0 aliphatic heterocycles. The largest absolute Gasteiger partial charge is 0.307 e. The second-order valence-corrected chi connectivity index (χ2v) is 5.45. The van der Waals surface area contributed by atoms with E-state index in [1.807, 2.05) is 10.9 Å². The van der Waals surface area contributed by atoms with Crippen molar-refractivity contribution in [2.24, 2.45) is 0 Å². The molecule has 0 spiro atoms. The van der Waals surface area contributed by atoms with Crippen LogP contribution < -0.4 is 5.32 Å². The van der Waals surface area contributed by atoms with Crippen molar-refractivity contribution in [3.05, 3.63) is 34.9 Å². The monoisotopic (exact) mass is 275 g/mol. The van der Waals surface area contributed by atoms with E-state index < -0.39 is 0 Å². The first-order valence-corrected chi connectivity index (χ1v) is 7.30. The molecule has 0 amide bonds. The van der Waals surface area contributed by atoms with Gasteiger partial charge in [-0.15, -0.1) is 0 Å². The minimum absolute atomic E-state index is 0.413. The first-order valence-electron chi connectivity index (χ1n) is 7.30. The maximum atomic E-state index is 4.54. The Hall–Kier alpha value is -1.62. The molecule has 0 fully saturated rings. The molecular formula is C15H25N5. The lowest BCUT2D eigenvalue weighted by Gasteiger charge is -2.06. The molecular weight excluding hydrogens is 250 g/mol. The third kappa shape index (κ3) is 3.10. The molecule has 2 heterocycles. The maximum Gasteiger partial charge on any atom is 0.0762 e. The summed E-state index contributed by atoms with van der Waals surface area (Å²) in [6, 6.07) is 2.48. The van der Waals surface area contributed by atoms with Crippen LogP contribution in [0.4, 0.5) is 0 Å². The Labute approximate surface area is 121 Å². The molecule has 0 atom stereocenters. The lowest BCUT2D eigenvalue weighted by atomic mass is 10.2. The summed E-state index contributed by atoms with van der Waals surface area (Å²) in [5, 5.41) is 12.5. The Morgan fingerprint density at radius 3 is 2.50 bits per heavy atom. The summed E-state index contributed by atoms with van der Waals surface area (Å²) in [6.07, 6.45) is 2.04. The summed E-state index contributed by atoms with van der Waals surface area (Å²) in [6.45, 7) is 13.1. The number of aryl methyl sites for hydroxylation is 2. The Balaban J connectivity index is 1.94. The number of nitrogens with zero attached hydrogens (tertiary/aromatic N) is 4. The van der Waals surface area contributed by atoms with Crippen molar-refractivity contribution < 1.29 is 0 Å². The van der Waals surface area contributed by atoms with Crippen LogP contribution in [-0.4, -0.2) is 19.6 Å². The third-order valence-electron chi connectivity index (χ3n) is 3.63. The molecule has 0 unspecified atom stereocenters. The SMILES string of the molecule is CCn1nc(C)c(CNCc2ccn(C(C)C)n2)c1C. The predicted molar refractivity (Wildman–Crippen MR) is 80.5 cm³/mol. The average Bonchev–Trinajstić information content (AvgIpc) is 2.98. The standard InChI is InChI=1S/C15H25N5/c1-6-19-13(5)15(12(4)17-19)10-16-9-14-7-8-20(18-14)11(2)3/h7-8,11,16H,6,9-10H2,1-5H3. The quantitative estimate of drug-likeness (QED) is 0.881. The molecule has 20 heavy (non-hydrogen) atoms. The zero-order valence-electron chi connectivity index (χ0n) is 13.1. The van der Waals surface area contributed by atoms with Crippen molar-refractivity contribution in [2.75, 3.05) is 0 Å². The summed E-state index contributed by atoms with van der Waals surface area (Å²) in [5.74, 6) is 0. The zero-order chi connectivity index (χ0) is 14.7. The number of nitrogens with one attached hydrogen (secondary N) is 1. The minimum Gasteiger partial charge on any atom is -0.307 e. The fourth-order valence-electron chi connectivity index (χ4n) is 2.37. The van der Waals surface area contributed by atoms with Crippen LogP contribution in [0.5, 0.6) is 0 Å². The molecule has 5 heteroatoms. The van der Waals surface area contributed by atoms with Crippen molar-refractivity contribution in [1.82, 2.24) is 24.9 Å². The fraction of sp³-hybridized carbons (Fsp3) is 0.600. The van der Waals surface area contributed by atoms with Gasteiger partial charge in [0, 0.05) is 43.1 Å². The number of hydrogen-bond donors (Lipinski definition) is 1. The molecule has 2 aromatic heterocycles. The second kappa shape index (κ2) is 6.22. The molecule has 0 aliphatic carbocycles. The number of hydrogen-bond acceptors (Lipinski definition) is 3. The number of aromatic nitrogens is 4. The number of rotatable bonds is 6. The average molecular weight is 275 g/mol. The van der Waals surface area contributed by atoms with Crippen molar-refractivity contribution in [3.63, 3.8) is 0 Å². The van der Waals surface area contributed by atoms with Crippen molar-refractivity contribution in [2.45, 2.75) is 60.3 Å². The van der Waals surface area contributed by atoms with Crippen molar-refractivity contribution >= 4 is 0 Å². The van der Waals surface area contributed by atoms with E-state index in [-0.39, 0.29) is 0 Å². The van der Waals surface area contributed by atoms with Gasteiger partial charge < -0.3 is 5.32 Å². The summed E-state index contributed by atoms with van der Waals surface area (Å²) in [5.41, 5.74) is 4.75. The van der Waals surface area contributed by atoms with Crippen LogP contribution in [0.15, 0.2) is 12.3 Å². The highest BCUT2D eigenvalue weighted by Crippen LogP contribution is 2.13. The Morgan fingerprint density at radius 1 is 1.20 bits per heavy atom. The fourth-order valence-corrected chi connectivity index (χ4v) is 2.37. The van der Waals surface area contributed by atoms with Gasteiger partial charge in [-0.25, -0.2) is 0 Å². The van der Waals surface area contributed by atoms with Gasteiger partial charge >= 0.3 is 0 Å². The van der Waals surface area contributed by atoms with Crippen LogP contribution in [0.1, 0.15) is 49.5 Å². The summed E-state index contributed by atoms with van der Waals surface area (Å²) < 4.78 is 4.04. The van der Waals surface area contributed by atoms with Gasteiger partial charge in [0.25, 0.3) is 0 Å². The van der Waals surface area contributed by atoms with E-state index in [2.05, 4.69) is 60.9 Å². The van der Waals surface area contributed by atoms with E-state index in [9.17, 15) is 0 Å². The van der Waals surface area contributed by atoms with Gasteiger partial charge in [-0.05, 0) is 40.7 Å². The highest BCUT2D eigenvalue weighted by Gasteiger charge is 2.10. The topological polar surface area (TPSA) is 47.7 Å². The highest BCUT2D eigenvalue weighted by molar-refractivity contribution is 5.24. The minimum atomic E-state index is 0.413. The summed E-state index contributed by atoms with van der Waals surface area (Å²) in [4.78, 5) is 0. The Morgan fingerprint density at radius 2 is 1.95 bits per heavy atom. The van der Waals surface area contributed by atoms with Gasteiger partial charge in [-0.2, -0.15) is 10.2 Å². The molecule has 1 N–H and O–H groups in total. The predicted octanol–water partition coefficient (Wildman–Crippen LogP) is 2.59. The van der Waals surface area contributed by atoms with Crippen LogP contribution in [0.2, 0.25) is 0 Å². The van der Waals surface area contributed by atoms with Crippen LogP contribution in [0, 0.1) is 13.8 Å². The molecule has 2 rings (SSSR count). The summed E-state index contributed by atoms with van der Waals surface area (Å²) >= 11 is 0. The van der Waals surface area contributed by atoms with E-state index >= 15 is 0 Å². The smallest absolute Gasteiger partial charge is 0.0762 e. The summed E-state index contributed by atoms with van der Waals surface area (Å²) in [7, 11) is 0. The van der Waals surface area contributed by atoms with Crippen LogP contribution in [0.3, 0.4) is 0 Å².